The third-order valence-electron chi connectivity index (χ3n) is 6.59. The number of nitrogens with zero attached hydrogens (tertiary/aromatic N) is 5. The highest BCUT2D eigenvalue weighted by Crippen LogP contribution is 2.30. The van der Waals surface area contributed by atoms with Gasteiger partial charge in [-0.2, -0.15) is 4.68 Å². The molecule has 0 radical (unpaired) electrons. The number of ether oxygens (including phenoxy) is 1. The summed E-state index contributed by atoms with van der Waals surface area (Å²) in [6.07, 6.45) is 5.85. The van der Waals surface area contributed by atoms with Crippen LogP contribution < -0.4 is 16.0 Å². The van der Waals surface area contributed by atoms with Crippen LogP contribution in [0.25, 0.3) is 23.0 Å². The predicted molar refractivity (Wildman–Crippen MR) is 159 cm³/mol. The number of rotatable bonds is 11. The largest absolute Gasteiger partial charge is 0.453 e. The van der Waals surface area contributed by atoms with Crippen molar-refractivity contribution in [3.8, 4) is 16.9 Å². The second-order valence-corrected chi connectivity index (χ2v) is 10.6. The fraction of sp³-hybridized carbons (Fsp3) is 0.250. The number of anilines is 1. The second-order valence-electron chi connectivity index (χ2n) is 9.78. The van der Waals surface area contributed by atoms with Gasteiger partial charge in [-0.15, -0.1) is 5.10 Å². The van der Waals surface area contributed by atoms with E-state index in [2.05, 4.69) is 46.2 Å². The Morgan fingerprint density at radius 1 is 1.16 bits per heavy atom. The Balaban J connectivity index is 1.35. The maximum Gasteiger partial charge on any atom is 0.411 e. The third-order valence-corrected chi connectivity index (χ3v) is 7.10. The Labute approximate surface area is 256 Å². The van der Waals surface area contributed by atoms with Crippen LogP contribution in [0, 0.1) is 5.92 Å². The minimum absolute atomic E-state index is 0.0649. The predicted octanol–water partition coefficient (Wildman–Crippen LogP) is 4.32. The fourth-order valence-electron chi connectivity index (χ4n) is 4.18. The summed E-state index contributed by atoms with van der Waals surface area (Å²) in [5.41, 5.74) is 2.81. The Bertz CT molecular complexity index is 1630. The third kappa shape index (κ3) is 7.96. The highest BCUT2D eigenvalue weighted by atomic mass is 35.5. The molecule has 13 nitrogen and oxygen atoms in total. The van der Waals surface area contributed by atoms with Gasteiger partial charge in [0.2, 0.25) is 11.8 Å². The van der Waals surface area contributed by atoms with Crippen molar-refractivity contribution in [1.29, 1.82) is 0 Å². The quantitative estimate of drug-likeness (QED) is 0.179. The van der Waals surface area contributed by atoms with Crippen LogP contribution in [0.2, 0.25) is 10.2 Å². The van der Waals surface area contributed by atoms with Gasteiger partial charge in [0.05, 0.1) is 25.3 Å². The van der Waals surface area contributed by atoms with Gasteiger partial charge < -0.3 is 20.4 Å². The van der Waals surface area contributed by atoms with Gasteiger partial charge in [0.25, 0.3) is 0 Å². The average molecular weight is 624 g/mol. The van der Waals surface area contributed by atoms with E-state index in [1.54, 1.807) is 48.5 Å². The normalized spacial score (nSPS) is 13.5. The number of halogens is 2. The number of carbonyl (C=O) groups excluding carboxylic acids is 3. The molecule has 0 spiro atoms. The maximum absolute atomic E-state index is 13.1. The number of H-pyrrole nitrogens is 1. The van der Waals surface area contributed by atoms with Gasteiger partial charge in [-0.3, -0.25) is 14.9 Å². The van der Waals surface area contributed by atoms with Crippen LogP contribution in [0.5, 0.6) is 0 Å². The molecule has 15 heteroatoms. The van der Waals surface area contributed by atoms with E-state index in [1.807, 2.05) is 0 Å². The van der Waals surface area contributed by atoms with Gasteiger partial charge in [0, 0.05) is 34.5 Å². The molecule has 2 heterocycles. The number of tetrazole rings is 1. The summed E-state index contributed by atoms with van der Waals surface area (Å²) in [6, 6.07) is 11.1. The van der Waals surface area contributed by atoms with Crippen molar-refractivity contribution < 1.29 is 19.1 Å². The molecule has 0 unspecified atom stereocenters. The van der Waals surface area contributed by atoms with E-state index in [9.17, 15) is 14.4 Å². The van der Waals surface area contributed by atoms with Crippen molar-refractivity contribution in [3.63, 3.8) is 0 Å². The standard InChI is InChI=1S/C28H27Cl2N9O4/c1-43-28(42)33-20-8-4-17(5-9-20)25-26(30)36-27(35-25)21(13-24(41)31-14-16-2-3-16)34-23(40)11-6-18-12-19(29)7-10-22(18)39-15-32-37-38-39/h4-12,15-16,21H,2-3,13-14H2,1H3,(H,31,41)(H,33,42)(H,34,40)(H,35,36)/b11-6+/t21-/m0/s1. The van der Waals surface area contributed by atoms with Crippen molar-refractivity contribution in [2.75, 3.05) is 19.0 Å². The summed E-state index contributed by atoms with van der Waals surface area (Å²) >= 11 is 12.7. The number of amides is 3. The zero-order chi connectivity index (χ0) is 30.3. The summed E-state index contributed by atoms with van der Waals surface area (Å²) in [5.74, 6) is 0.0877. The zero-order valence-corrected chi connectivity index (χ0v) is 24.4. The molecule has 2 aromatic carbocycles. The SMILES string of the molecule is COC(=O)Nc1ccc(-c2nc([C@H](CC(=O)NCC3CC3)NC(=O)/C=C/c3cc(Cl)ccc3-n3cnnn3)[nH]c2Cl)cc1. The molecule has 222 valence electrons. The van der Waals surface area contributed by atoms with E-state index < -0.39 is 18.0 Å². The van der Waals surface area contributed by atoms with Gasteiger partial charge in [-0.25, -0.2) is 9.78 Å². The minimum atomic E-state index is -0.818. The van der Waals surface area contributed by atoms with Crippen LogP contribution >= 0.6 is 23.2 Å². The first kappa shape index (κ1) is 29.7. The molecule has 4 N–H and O–H groups in total. The number of nitrogens with one attached hydrogen (secondary N) is 4. The number of aromatic nitrogens is 6. The van der Waals surface area contributed by atoms with Gasteiger partial charge in [-0.1, -0.05) is 35.3 Å². The molecular formula is C28H27Cl2N9O4. The molecule has 1 aliphatic rings. The fourth-order valence-corrected chi connectivity index (χ4v) is 4.61. The van der Waals surface area contributed by atoms with Crippen molar-refractivity contribution >= 4 is 52.9 Å². The van der Waals surface area contributed by atoms with E-state index in [0.717, 1.165) is 12.8 Å². The van der Waals surface area contributed by atoms with E-state index in [0.29, 0.717) is 51.5 Å². The first-order valence-electron chi connectivity index (χ1n) is 13.3. The average Bonchev–Trinajstić information content (AvgIpc) is 3.51. The highest BCUT2D eigenvalue weighted by Gasteiger charge is 2.25. The van der Waals surface area contributed by atoms with Gasteiger partial charge in [0.1, 0.15) is 23.0 Å². The van der Waals surface area contributed by atoms with Crippen LogP contribution in [0.15, 0.2) is 54.9 Å². The lowest BCUT2D eigenvalue weighted by Gasteiger charge is -2.16. The first-order chi connectivity index (χ1) is 20.8. The van der Waals surface area contributed by atoms with Gasteiger partial charge in [-0.05, 0) is 65.6 Å². The molecule has 43 heavy (non-hydrogen) atoms. The van der Waals surface area contributed by atoms with Crippen molar-refractivity contribution in [1.82, 2.24) is 40.8 Å². The summed E-state index contributed by atoms with van der Waals surface area (Å²) < 4.78 is 6.06. The molecule has 1 atom stereocenters. The Hall–Kier alpha value is -4.75. The minimum Gasteiger partial charge on any atom is -0.453 e. The number of methoxy groups -OCH3 is 1. The van der Waals surface area contributed by atoms with Crippen LogP contribution in [0.3, 0.4) is 0 Å². The van der Waals surface area contributed by atoms with Crippen molar-refractivity contribution in [2.24, 2.45) is 5.92 Å². The molecule has 2 aromatic heterocycles. The lowest BCUT2D eigenvalue weighted by Crippen LogP contribution is -2.34. The summed E-state index contributed by atoms with van der Waals surface area (Å²) in [4.78, 5) is 45.0. The van der Waals surface area contributed by atoms with E-state index >= 15 is 0 Å². The molecule has 5 rings (SSSR count). The first-order valence-corrected chi connectivity index (χ1v) is 14.0. The Morgan fingerprint density at radius 2 is 1.95 bits per heavy atom. The van der Waals surface area contributed by atoms with E-state index in [4.69, 9.17) is 23.2 Å². The summed E-state index contributed by atoms with van der Waals surface area (Å²) in [7, 11) is 1.27. The second kappa shape index (κ2) is 13.5. The van der Waals surface area contributed by atoms with Crippen LogP contribution in [-0.4, -0.2) is 61.7 Å². The smallest absolute Gasteiger partial charge is 0.411 e. The monoisotopic (exact) mass is 623 g/mol. The molecule has 1 aliphatic carbocycles. The molecule has 3 amide bonds. The number of hydrogen-bond donors (Lipinski definition) is 4. The molecule has 0 bridgehead atoms. The summed E-state index contributed by atoms with van der Waals surface area (Å²) in [5, 5.41) is 20.2. The van der Waals surface area contributed by atoms with Crippen LogP contribution in [-0.2, 0) is 14.3 Å². The maximum atomic E-state index is 13.1. The van der Waals surface area contributed by atoms with Crippen LogP contribution in [0.1, 0.15) is 36.7 Å². The number of imidazole rings is 1. The molecule has 1 fully saturated rings. The molecular weight excluding hydrogens is 597 g/mol. The van der Waals surface area contributed by atoms with E-state index in [1.165, 1.54) is 24.2 Å². The summed E-state index contributed by atoms with van der Waals surface area (Å²) in [6.45, 7) is 0.588. The number of carbonyl (C=O) groups is 3. The molecule has 0 aliphatic heterocycles. The van der Waals surface area contributed by atoms with Gasteiger partial charge >= 0.3 is 6.09 Å². The number of benzene rings is 2. The topological polar surface area (TPSA) is 169 Å². The lowest BCUT2D eigenvalue weighted by atomic mass is 10.1. The molecule has 0 saturated heterocycles. The lowest BCUT2D eigenvalue weighted by molar-refractivity contribution is -0.122. The van der Waals surface area contributed by atoms with Crippen molar-refractivity contribution in [3.05, 3.63) is 76.4 Å². The zero-order valence-electron chi connectivity index (χ0n) is 22.9. The van der Waals surface area contributed by atoms with Crippen LogP contribution in [0.4, 0.5) is 10.5 Å². The molecule has 1 saturated carbocycles. The molecule has 4 aromatic rings. The number of aromatic amines is 1. The number of hydrogen-bond acceptors (Lipinski definition) is 8. The Morgan fingerprint density at radius 3 is 2.65 bits per heavy atom. The van der Waals surface area contributed by atoms with Gasteiger partial charge in [0.15, 0.2) is 0 Å². The van der Waals surface area contributed by atoms with Crippen molar-refractivity contribution in [2.45, 2.75) is 25.3 Å². The highest BCUT2D eigenvalue weighted by molar-refractivity contribution is 6.32. The Kier molecular flexibility index (Phi) is 9.32. The van der Waals surface area contributed by atoms with E-state index in [-0.39, 0.29) is 17.5 Å².